The molecule has 0 amide bonds. The van der Waals surface area contributed by atoms with E-state index >= 15 is 0 Å². The van der Waals surface area contributed by atoms with Crippen LogP contribution in [0.25, 0.3) is 0 Å². The van der Waals surface area contributed by atoms with Crippen molar-refractivity contribution in [1.29, 1.82) is 0 Å². The summed E-state index contributed by atoms with van der Waals surface area (Å²) in [4.78, 5) is 0. The molecule has 0 aromatic carbocycles. The van der Waals surface area contributed by atoms with Crippen LogP contribution < -0.4 is 0 Å². The molecule has 2 aromatic rings. The van der Waals surface area contributed by atoms with E-state index < -0.39 is 0 Å². The first-order valence-electron chi connectivity index (χ1n) is 6.46. The summed E-state index contributed by atoms with van der Waals surface area (Å²) in [6, 6.07) is 0. The van der Waals surface area contributed by atoms with Crippen molar-refractivity contribution in [2.75, 3.05) is 0 Å². The molecule has 0 radical (unpaired) electrons. The van der Waals surface area contributed by atoms with Gasteiger partial charge in [0.15, 0.2) is 0 Å². The van der Waals surface area contributed by atoms with Crippen LogP contribution in [0, 0.1) is 5.92 Å². The Kier molecular flexibility index (Phi) is 3.79. The molecule has 18 heavy (non-hydrogen) atoms. The van der Waals surface area contributed by atoms with E-state index in [1.165, 1.54) is 5.56 Å². The lowest BCUT2D eigenvalue weighted by Gasteiger charge is -2.02. The fraction of sp³-hybridized carbons (Fsp3) is 0.615. The van der Waals surface area contributed by atoms with E-state index in [2.05, 4.69) is 49.3 Å². The molecule has 5 nitrogen and oxygen atoms in total. The molecule has 2 rings (SSSR count). The van der Waals surface area contributed by atoms with Gasteiger partial charge in [0.2, 0.25) is 0 Å². The Morgan fingerprint density at radius 3 is 2.50 bits per heavy atom. The Bertz CT molecular complexity index is 495. The molecule has 0 atom stereocenters. The van der Waals surface area contributed by atoms with Crippen molar-refractivity contribution < 1.29 is 0 Å². The van der Waals surface area contributed by atoms with Gasteiger partial charge in [-0.2, -0.15) is 5.10 Å². The van der Waals surface area contributed by atoms with E-state index in [0.29, 0.717) is 18.4 Å². The average molecular weight is 247 g/mol. The molecule has 0 N–H and O–H groups in total. The SMILES string of the molecule is CC(C)Cn1cc(Cn2cc(C(C)C)cn2)nn1. The van der Waals surface area contributed by atoms with Gasteiger partial charge in [-0.25, -0.2) is 0 Å². The van der Waals surface area contributed by atoms with Gasteiger partial charge in [-0.05, 0) is 17.4 Å². The molecule has 0 aliphatic rings. The monoisotopic (exact) mass is 247 g/mol. The minimum Gasteiger partial charge on any atom is -0.266 e. The van der Waals surface area contributed by atoms with Crippen molar-refractivity contribution in [2.45, 2.75) is 46.7 Å². The standard InChI is InChI=1S/C13H21N5/c1-10(2)6-18-9-13(15-16-18)8-17-7-12(5-14-17)11(3)4/h5,7,9-11H,6,8H2,1-4H3. The Hall–Kier alpha value is -1.65. The lowest BCUT2D eigenvalue weighted by Crippen LogP contribution is -2.04. The molecule has 0 aliphatic heterocycles. The molecule has 0 saturated carbocycles. The molecule has 2 aromatic heterocycles. The molecule has 0 fully saturated rings. The maximum atomic E-state index is 4.34. The number of nitrogens with zero attached hydrogens (tertiary/aromatic N) is 5. The second kappa shape index (κ2) is 5.33. The Morgan fingerprint density at radius 1 is 1.11 bits per heavy atom. The molecular formula is C13H21N5. The molecule has 2 heterocycles. The highest BCUT2D eigenvalue weighted by molar-refractivity contribution is 5.09. The fourth-order valence-electron chi connectivity index (χ4n) is 1.80. The van der Waals surface area contributed by atoms with Crippen LogP contribution in [-0.4, -0.2) is 24.8 Å². The Balaban J connectivity index is 2.02. The summed E-state index contributed by atoms with van der Waals surface area (Å²) in [5, 5.41) is 12.6. The van der Waals surface area contributed by atoms with Gasteiger partial charge in [0, 0.05) is 12.7 Å². The summed E-state index contributed by atoms with van der Waals surface area (Å²) in [5.41, 5.74) is 2.21. The molecule has 0 unspecified atom stereocenters. The highest BCUT2D eigenvalue weighted by Gasteiger charge is 2.06. The lowest BCUT2D eigenvalue weighted by atomic mass is 10.1. The lowest BCUT2D eigenvalue weighted by molar-refractivity contribution is 0.472. The van der Waals surface area contributed by atoms with Gasteiger partial charge in [-0.3, -0.25) is 9.36 Å². The summed E-state index contributed by atoms with van der Waals surface area (Å²) in [6.45, 7) is 10.3. The molecule has 0 saturated heterocycles. The van der Waals surface area contributed by atoms with E-state index in [1.807, 2.05) is 21.8 Å². The quantitative estimate of drug-likeness (QED) is 0.814. The van der Waals surface area contributed by atoms with Gasteiger partial charge in [0.05, 0.1) is 18.9 Å². The van der Waals surface area contributed by atoms with Crippen LogP contribution in [-0.2, 0) is 13.1 Å². The van der Waals surface area contributed by atoms with Gasteiger partial charge in [0.25, 0.3) is 0 Å². The minimum absolute atomic E-state index is 0.510. The van der Waals surface area contributed by atoms with Crippen molar-refractivity contribution in [2.24, 2.45) is 5.92 Å². The van der Waals surface area contributed by atoms with Crippen LogP contribution >= 0.6 is 0 Å². The number of rotatable bonds is 5. The first-order valence-corrected chi connectivity index (χ1v) is 6.46. The summed E-state index contributed by atoms with van der Waals surface area (Å²) in [5.74, 6) is 1.09. The predicted molar refractivity (Wildman–Crippen MR) is 70.3 cm³/mol. The van der Waals surface area contributed by atoms with Crippen molar-refractivity contribution in [3.05, 3.63) is 29.8 Å². The van der Waals surface area contributed by atoms with Crippen LogP contribution in [0.3, 0.4) is 0 Å². The maximum absolute atomic E-state index is 4.34. The van der Waals surface area contributed by atoms with Gasteiger partial charge in [0.1, 0.15) is 5.69 Å². The van der Waals surface area contributed by atoms with Gasteiger partial charge < -0.3 is 0 Å². The van der Waals surface area contributed by atoms with Crippen molar-refractivity contribution in [3.8, 4) is 0 Å². The second-order valence-corrected chi connectivity index (χ2v) is 5.45. The Morgan fingerprint density at radius 2 is 1.89 bits per heavy atom. The van der Waals surface area contributed by atoms with Crippen molar-refractivity contribution >= 4 is 0 Å². The zero-order valence-electron chi connectivity index (χ0n) is 11.5. The predicted octanol–water partition coefficient (Wildman–Crippen LogP) is 2.30. The molecular weight excluding hydrogens is 226 g/mol. The third-order valence-electron chi connectivity index (χ3n) is 2.78. The largest absolute Gasteiger partial charge is 0.266 e. The molecule has 0 spiro atoms. The summed E-state index contributed by atoms with van der Waals surface area (Å²) >= 11 is 0. The van der Waals surface area contributed by atoms with Crippen LogP contribution in [0.5, 0.6) is 0 Å². The third-order valence-corrected chi connectivity index (χ3v) is 2.78. The minimum atomic E-state index is 0.510. The van der Waals surface area contributed by atoms with E-state index in [1.54, 1.807) is 0 Å². The highest BCUT2D eigenvalue weighted by atomic mass is 15.4. The molecule has 0 aliphatic carbocycles. The van der Waals surface area contributed by atoms with E-state index in [-0.39, 0.29) is 0 Å². The summed E-state index contributed by atoms with van der Waals surface area (Å²) in [7, 11) is 0. The zero-order chi connectivity index (χ0) is 13.1. The van der Waals surface area contributed by atoms with Gasteiger partial charge in [-0.15, -0.1) is 5.10 Å². The van der Waals surface area contributed by atoms with E-state index in [9.17, 15) is 0 Å². The molecule has 5 heteroatoms. The van der Waals surface area contributed by atoms with Gasteiger partial charge >= 0.3 is 0 Å². The van der Waals surface area contributed by atoms with Crippen LogP contribution in [0.15, 0.2) is 18.6 Å². The summed E-state index contributed by atoms with van der Waals surface area (Å²) < 4.78 is 3.81. The average Bonchev–Trinajstić information content (AvgIpc) is 2.88. The van der Waals surface area contributed by atoms with Crippen LogP contribution in [0.4, 0.5) is 0 Å². The smallest absolute Gasteiger partial charge is 0.104 e. The number of hydrogen-bond donors (Lipinski definition) is 0. The number of hydrogen-bond acceptors (Lipinski definition) is 3. The van der Waals surface area contributed by atoms with Crippen molar-refractivity contribution in [3.63, 3.8) is 0 Å². The zero-order valence-corrected chi connectivity index (χ0v) is 11.5. The second-order valence-electron chi connectivity index (χ2n) is 5.45. The van der Waals surface area contributed by atoms with Crippen LogP contribution in [0.2, 0.25) is 0 Å². The third kappa shape index (κ3) is 3.18. The molecule has 0 bridgehead atoms. The van der Waals surface area contributed by atoms with E-state index in [4.69, 9.17) is 0 Å². The van der Waals surface area contributed by atoms with E-state index in [0.717, 1.165) is 12.2 Å². The Labute approximate surface area is 108 Å². The number of aromatic nitrogens is 5. The van der Waals surface area contributed by atoms with Crippen molar-refractivity contribution in [1.82, 2.24) is 24.8 Å². The first kappa shape index (κ1) is 12.8. The van der Waals surface area contributed by atoms with Gasteiger partial charge in [-0.1, -0.05) is 32.9 Å². The van der Waals surface area contributed by atoms with Crippen LogP contribution in [0.1, 0.15) is 44.9 Å². The first-order chi connectivity index (χ1) is 8.54. The topological polar surface area (TPSA) is 48.5 Å². The molecule has 98 valence electrons. The highest BCUT2D eigenvalue weighted by Crippen LogP contribution is 2.12. The summed E-state index contributed by atoms with van der Waals surface area (Å²) in [6.07, 6.45) is 5.99. The fourth-order valence-corrected chi connectivity index (χ4v) is 1.80. The normalized spacial score (nSPS) is 11.7. The maximum Gasteiger partial charge on any atom is 0.104 e.